The first-order chi connectivity index (χ1) is 10.8. The van der Waals surface area contributed by atoms with E-state index in [4.69, 9.17) is 4.74 Å². The Morgan fingerprint density at radius 3 is 3.05 bits per heavy atom. The zero-order chi connectivity index (χ0) is 15.2. The Balaban J connectivity index is 1.51. The number of aryl methyl sites for hydroxylation is 2. The van der Waals surface area contributed by atoms with Gasteiger partial charge in [-0.25, -0.2) is 0 Å². The fourth-order valence-corrected chi connectivity index (χ4v) is 2.29. The molecule has 22 heavy (non-hydrogen) atoms. The van der Waals surface area contributed by atoms with Crippen LogP contribution in [0, 0.1) is 0 Å². The number of aromatic nitrogens is 3. The van der Waals surface area contributed by atoms with Crippen LogP contribution in [0.2, 0.25) is 0 Å². The lowest BCUT2D eigenvalue weighted by Crippen LogP contribution is -2.45. The molecule has 0 aromatic carbocycles. The number of morpholine rings is 1. The van der Waals surface area contributed by atoms with E-state index in [0.717, 1.165) is 19.5 Å². The van der Waals surface area contributed by atoms with E-state index in [9.17, 15) is 4.79 Å². The minimum Gasteiger partial charge on any atom is -0.366 e. The van der Waals surface area contributed by atoms with E-state index in [0.29, 0.717) is 19.0 Å². The summed E-state index contributed by atoms with van der Waals surface area (Å²) in [6.45, 7) is 2.63. The standard InChI is InChI=1S/C15H19N5O2/c21-15(13-11-17-7-10-22-13)18-14-4-9-20(19-14)8-3-12-1-5-16-6-2-12/h1-2,4-6,9,13,17H,3,7-8,10-11H2,(H,18,19,21). The highest BCUT2D eigenvalue weighted by Crippen LogP contribution is 2.07. The maximum absolute atomic E-state index is 12.0. The molecule has 0 bridgehead atoms. The van der Waals surface area contributed by atoms with Gasteiger partial charge in [-0.15, -0.1) is 0 Å². The van der Waals surface area contributed by atoms with Crippen LogP contribution in [0.15, 0.2) is 36.8 Å². The summed E-state index contributed by atoms with van der Waals surface area (Å²) in [6, 6.07) is 5.76. The summed E-state index contributed by atoms with van der Waals surface area (Å²) in [6.07, 6.45) is 5.84. The normalized spacial score (nSPS) is 18.1. The third kappa shape index (κ3) is 3.90. The number of amides is 1. The molecular weight excluding hydrogens is 282 g/mol. The summed E-state index contributed by atoms with van der Waals surface area (Å²) in [5.41, 5.74) is 1.21. The number of hydrogen-bond donors (Lipinski definition) is 2. The summed E-state index contributed by atoms with van der Waals surface area (Å²) in [5, 5.41) is 10.3. The van der Waals surface area contributed by atoms with Crippen LogP contribution < -0.4 is 10.6 Å². The third-order valence-electron chi connectivity index (χ3n) is 3.49. The second-order valence-electron chi connectivity index (χ2n) is 5.12. The second-order valence-corrected chi connectivity index (χ2v) is 5.12. The zero-order valence-corrected chi connectivity index (χ0v) is 12.2. The van der Waals surface area contributed by atoms with Crippen molar-refractivity contribution in [2.45, 2.75) is 19.1 Å². The number of nitrogens with zero attached hydrogens (tertiary/aromatic N) is 3. The van der Waals surface area contributed by atoms with Crippen molar-refractivity contribution >= 4 is 11.7 Å². The van der Waals surface area contributed by atoms with Crippen molar-refractivity contribution in [3.8, 4) is 0 Å². The molecule has 0 spiro atoms. The molecule has 2 aromatic rings. The van der Waals surface area contributed by atoms with Crippen molar-refractivity contribution < 1.29 is 9.53 Å². The Labute approximate surface area is 128 Å². The topological polar surface area (TPSA) is 81.1 Å². The fourth-order valence-electron chi connectivity index (χ4n) is 2.29. The molecule has 116 valence electrons. The highest BCUT2D eigenvalue weighted by atomic mass is 16.5. The minimum absolute atomic E-state index is 0.161. The number of carbonyl (C=O) groups excluding carboxylic acids is 1. The van der Waals surface area contributed by atoms with Gasteiger partial charge in [0.2, 0.25) is 0 Å². The molecular formula is C15H19N5O2. The lowest BCUT2D eigenvalue weighted by Gasteiger charge is -2.22. The zero-order valence-electron chi connectivity index (χ0n) is 12.2. The van der Waals surface area contributed by atoms with E-state index in [2.05, 4.69) is 20.7 Å². The van der Waals surface area contributed by atoms with Gasteiger partial charge in [0.1, 0.15) is 6.10 Å². The van der Waals surface area contributed by atoms with Crippen LogP contribution in [-0.4, -0.2) is 46.5 Å². The maximum Gasteiger partial charge on any atom is 0.256 e. The van der Waals surface area contributed by atoms with E-state index < -0.39 is 6.10 Å². The predicted octanol–water partition coefficient (Wildman–Crippen LogP) is 0.448. The number of pyridine rings is 1. The van der Waals surface area contributed by atoms with E-state index in [1.54, 1.807) is 18.5 Å². The summed E-state index contributed by atoms with van der Waals surface area (Å²) < 4.78 is 7.22. The molecule has 0 aliphatic carbocycles. The minimum atomic E-state index is -0.448. The molecule has 0 radical (unpaired) electrons. The van der Waals surface area contributed by atoms with Gasteiger partial charge in [-0.3, -0.25) is 14.5 Å². The Morgan fingerprint density at radius 2 is 2.27 bits per heavy atom. The van der Waals surface area contributed by atoms with Gasteiger partial charge in [0.25, 0.3) is 5.91 Å². The number of rotatable bonds is 5. The Kier molecular flexibility index (Phi) is 4.77. The fraction of sp³-hybridized carbons (Fsp3) is 0.400. The highest BCUT2D eigenvalue weighted by Gasteiger charge is 2.22. The van der Waals surface area contributed by atoms with Crippen LogP contribution in [0.1, 0.15) is 5.56 Å². The van der Waals surface area contributed by atoms with Crippen LogP contribution in [0.4, 0.5) is 5.82 Å². The number of anilines is 1. The Morgan fingerprint density at radius 1 is 1.41 bits per heavy atom. The van der Waals surface area contributed by atoms with E-state index in [1.807, 2.05) is 23.0 Å². The highest BCUT2D eigenvalue weighted by molar-refractivity contribution is 5.93. The average molecular weight is 301 g/mol. The first kappa shape index (κ1) is 14.7. The van der Waals surface area contributed by atoms with E-state index in [1.165, 1.54) is 5.56 Å². The number of carbonyl (C=O) groups is 1. The van der Waals surface area contributed by atoms with Gasteiger partial charge < -0.3 is 15.4 Å². The molecule has 0 saturated carbocycles. The summed E-state index contributed by atoms with van der Waals surface area (Å²) in [4.78, 5) is 16.0. The quantitative estimate of drug-likeness (QED) is 0.838. The first-order valence-corrected chi connectivity index (χ1v) is 7.37. The molecule has 7 heteroatoms. The summed E-state index contributed by atoms with van der Waals surface area (Å²) in [7, 11) is 0. The maximum atomic E-state index is 12.0. The van der Waals surface area contributed by atoms with Gasteiger partial charge in [0.15, 0.2) is 5.82 Å². The summed E-state index contributed by atoms with van der Waals surface area (Å²) >= 11 is 0. The van der Waals surface area contributed by atoms with Crippen molar-refractivity contribution in [3.05, 3.63) is 42.4 Å². The molecule has 1 amide bonds. The molecule has 1 unspecified atom stereocenters. The van der Waals surface area contributed by atoms with Crippen molar-refractivity contribution in [1.82, 2.24) is 20.1 Å². The van der Waals surface area contributed by atoms with Gasteiger partial charge in [-0.05, 0) is 24.1 Å². The molecule has 3 heterocycles. The van der Waals surface area contributed by atoms with Gasteiger partial charge >= 0.3 is 0 Å². The molecule has 7 nitrogen and oxygen atoms in total. The number of ether oxygens (including phenoxy) is 1. The van der Waals surface area contributed by atoms with Gasteiger partial charge in [0, 0.05) is 44.3 Å². The molecule has 1 aliphatic heterocycles. The SMILES string of the molecule is O=C(Nc1ccn(CCc2ccncc2)n1)C1CNCCO1. The average Bonchev–Trinajstić information content (AvgIpc) is 3.02. The third-order valence-corrected chi connectivity index (χ3v) is 3.49. The molecule has 1 aliphatic rings. The first-order valence-electron chi connectivity index (χ1n) is 7.37. The van der Waals surface area contributed by atoms with Crippen LogP contribution >= 0.6 is 0 Å². The van der Waals surface area contributed by atoms with Crippen molar-refractivity contribution in [2.75, 3.05) is 25.0 Å². The molecule has 2 N–H and O–H groups in total. The van der Waals surface area contributed by atoms with Crippen LogP contribution in [0.25, 0.3) is 0 Å². The van der Waals surface area contributed by atoms with Gasteiger partial charge in [0.05, 0.1) is 6.61 Å². The van der Waals surface area contributed by atoms with Crippen LogP contribution in [0.5, 0.6) is 0 Å². The number of hydrogen-bond acceptors (Lipinski definition) is 5. The predicted molar refractivity (Wildman–Crippen MR) is 81.4 cm³/mol. The smallest absolute Gasteiger partial charge is 0.256 e. The molecule has 1 saturated heterocycles. The monoisotopic (exact) mass is 301 g/mol. The second kappa shape index (κ2) is 7.15. The van der Waals surface area contributed by atoms with E-state index >= 15 is 0 Å². The molecule has 1 atom stereocenters. The largest absolute Gasteiger partial charge is 0.366 e. The van der Waals surface area contributed by atoms with Gasteiger partial charge in [-0.2, -0.15) is 5.10 Å². The van der Waals surface area contributed by atoms with Crippen LogP contribution in [0.3, 0.4) is 0 Å². The Hall–Kier alpha value is -2.25. The lowest BCUT2D eigenvalue weighted by atomic mass is 10.2. The van der Waals surface area contributed by atoms with Crippen molar-refractivity contribution in [3.63, 3.8) is 0 Å². The molecule has 3 rings (SSSR count). The van der Waals surface area contributed by atoms with Crippen molar-refractivity contribution in [1.29, 1.82) is 0 Å². The van der Waals surface area contributed by atoms with Crippen LogP contribution in [-0.2, 0) is 22.5 Å². The lowest BCUT2D eigenvalue weighted by molar-refractivity contribution is -0.128. The van der Waals surface area contributed by atoms with E-state index in [-0.39, 0.29) is 5.91 Å². The number of nitrogens with one attached hydrogen (secondary N) is 2. The molecule has 1 fully saturated rings. The van der Waals surface area contributed by atoms with Crippen molar-refractivity contribution in [2.24, 2.45) is 0 Å². The summed E-state index contributed by atoms with van der Waals surface area (Å²) in [5.74, 6) is 0.389. The van der Waals surface area contributed by atoms with Gasteiger partial charge in [-0.1, -0.05) is 0 Å². The Bertz CT molecular complexity index is 607. The molecule has 2 aromatic heterocycles.